The van der Waals surface area contributed by atoms with Gasteiger partial charge in [0.15, 0.2) is 0 Å². The van der Waals surface area contributed by atoms with Crippen LogP contribution in [0.25, 0.3) is 0 Å². The standard InChI is InChI=1S/C8H16N2/c1-3-4-5-6-10-8(2)7-9/h8,10H,5-7,9H2,1-2H3. The van der Waals surface area contributed by atoms with Crippen molar-refractivity contribution in [3.05, 3.63) is 0 Å². The van der Waals surface area contributed by atoms with E-state index in [0.717, 1.165) is 13.0 Å². The van der Waals surface area contributed by atoms with Crippen molar-refractivity contribution >= 4 is 0 Å². The molecule has 3 N–H and O–H groups in total. The quantitative estimate of drug-likeness (QED) is 0.436. The molecule has 0 saturated heterocycles. The fourth-order valence-corrected chi connectivity index (χ4v) is 0.589. The highest BCUT2D eigenvalue weighted by atomic mass is 14.9. The molecule has 0 amide bonds. The molecule has 0 saturated carbocycles. The lowest BCUT2D eigenvalue weighted by Gasteiger charge is -2.08. The molecule has 2 heteroatoms. The van der Waals surface area contributed by atoms with Crippen molar-refractivity contribution in [2.45, 2.75) is 26.3 Å². The molecule has 10 heavy (non-hydrogen) atoms. The van der Waals surface area contributed by atoms with Crippen LogP contribution in [0.5, 0.6) is 0 Å². The van der Waals surface area contributed by atoms with E-state index in [-0.39, 0.29) is 0 Å². The van der Waals surface area contributed by atoms with Gasteiger partial charge in [0.25, 0.3) is 0 Å². The zero-order chi connectivity index (χ0) is 7.82. The Labute approximate surface area is 63.2 Å². The van der Waals surface area contributed by atoms with Gasteiger partial charge in [0.05, 0.1) is 0 Å². The number of nitrogens with two attached hydrogens (primary N) is 1. The second kappa shape index (κ2) is 6.60. The number of hydrogen-bond acceptors (Lipinski definition) is 2. The molecule has 0 aliphatic rings. The lowest BCUT2D eigenvalue weighted by molar-refractivity contribution is 0.565. The van der Waals surface area contributed by atoms with Gasteiger partial charge in [-0.25, -0.2) is 0 Å². The molecule has 0 fully saturated rings. The summed E-state index contributed by atoms with van der Waals surface area (Å²) in [6, 6.07) is 0.415. The van der Waals surface area contributed by atoms with E-state index in [9.17, 15) is 0 Å². The van der Waals surface area contributed by atoms with E-state index >= 15 is 0 Å². The third-order valence-corrected chi connectivity index (χ3v) is 1.27. The summed E-state index contributed by atoms with van der Waals surface area (Å²) >= 11 is 0. The molecule has 0 heterocycles. The lowest BCUT2D eigenvalue weighted by atomic mass is 10.3. The lowest BCUT2D eigenvalue weighted by Crippen LogP contribution is -2.33. The summed E-state index contributed by atoms with van der Waals surface area (Å²) in [5, 5.41) is 3.24. The highest BCUT2D eigenvalue weighted by Gasteiger charge is 1.93. The van der Waals surface area contributed by atoms with E-state index in [0.29, 0.717) is 12.6 Å². The Hall–Kier alpha value is -0.520. The zero-order valence-electron chi connectivity index (χ0n) is 6.78. The van der Waals surface area contributed by atoms with Crippen LogP contribution in [0.1, 0.15) is 20.3 Å². The van der Waals surface area contributed by atoms with Crippen molar-refractivity contribution in [3.8, 4) is 11.8 Å². The zero-order valence-corrected chi connectivity index (χ0v) is 6.78. The molecule has 0 aliphatic carbocycles. The summed E-state index contributed by atoms with van der Waals surface area (Å²) in [5.41, 5.74) is 5.39. The first-order valence-electron chi connectivity index (χ1n) is 3.64. The molecule has 0 aliphatic heterocycles. The Morgan fingerprint density at radius 1 is 1.60 bits per heavy atom. The first-order valence-corrected chi connectivity index (χ1v) is 3.64. The number of hydrogen-bond donors (Lipinski definition) is 2. The van der Waals surface area contributed by atoms with Crippen LogP contribution in [-0.2, 0) is 0 Å². The van der Waals surface area contributed by atoms with Crippen molar-refractivity contribution in [1.82, 2.24) is 5.32 Å². The fraction of sp³-hybridized carbons (Fsp3) is 0.750. The Balaban J connectivity index is 3.08. The molecule has 0 aromatic rings. The SMILES string of the molecule is CC#CCCNC(C)CN. The van der Waals surface area contributed by atoms with Crippen LogP contribution in [0, 0.1) is 11.8 Å². The predicted molar refractivity (Wildman–Crippen MR) is 44.6 cm³/mol. The Morgan fingerprint density at radius 3 is 2.80 bits per heavy atom. The minimum absolute atomic E-state index is 0.415. The van der Waals surface area contributed by atoms with Crippen LogP contribution in [0.2, 0.25) is 0 Å². The van der Waals surface area contributed by atoms with Crippen LogP contribution in [0.3, 0.4) is 0 Å². The highest BCUT2D eigenvalue weighted by molar-refractivity contribution is 4.95. The van der Waals surface area contributed by atoms with Crippen molar-refractivity contribution in [2.24, 2.45) is 5.73 Å². The monoisotopic (exact) mass is 140 g/mol. The maximum absolute atomic E-state index is 5.39. The fourth-order valence-electron chi connectivity index (χ4n) is 0.589. The Bertz CT molecular complexity index is 121. The average molecular weight is 140 g/mol. The summed E-state index contributed by atoms with van der Waals surface area (Å²) in [5.74, 6) is 5.81. The van der Waals surface area contributed by atoms with Gasteiger partial charge >= 0.3 is 0 Å². The second-order valence-corrected chi connectivity index (χ2v) is 2.27. The molecular formula is C8H16N2. The molecule has 0 aromatic heterocycles. The van der Waals surface area contributed by atoms with Crippen LogP contribution in [0.4, 0.5) is 0 Å². The third kappa shape index (κ3) is 5.61. The topological polar surface area (TPSA) is 38.0 Å². The van der Waals surface area contributed by atoms with Gasteiger partial charge in [0.1, 0.15) is 0 Å². The molecule has 0 aromatic carbocycles. The van der Waals surface area contributed by atoms with Gasteiger partial charge in [-0.3, -0.25) is 0 Å². The van der Waals surface area contributed by atoms with E-state index in [2.05, 4.69) is 24.1 Å². The summed E-state index contributed by atoms with van der Waals surface area (Å²) in [4.78, 5) is 0. The average Bonchev–Trinajstić information content (AvgIpc) is 1.98. The van der Waals surface area contributed by atoms with Crippen molar-refractivity contribution in [1.29, 1.82) is 0 Å². The molecule has 0 radical (unpaired) electrons. The minimum atomic E-state index is 0.415. The first-order chi connectivity index (χ1) is 4.81. The smallest absolute Gasteiger partial charge is 0.0214 e. The molecule has 1 unspecified atom stereocenters. The summed E-state index contributed by atoms with van der Waals surface area (Å²) in [7, 11) is 0. The normalized spacial score (nSPS) is 11.9. The molecule has 2 nitrogen and oxygen atoms in total. The van der Waals surface area contributed by atoms with Gasteiger partial charge in [0.2, 0.25) is 0 Å². The van der Waals surface area contributed by atoms with Crippen molar-refractivity contribution < 1.29 is 0 Å². The van der Waals surface area contributed by atoms with Gasteiger partial charge in [-0.15, -0.1) is 11.8 Å². The van der Waals surface area contributed by atoms with E-state index in [1.807, 2.05) is 6.92 Å². The molecule has 0 rings (SSSR count). The molecular weight excluding hydrogens is 124 g/mol. The van der Waals surface area contributed by atoms with E-state index in [1.165, 1.54) is 0 Å². The van der Waals surface area contributed by atoms with Crippen LogP contribution in [-0.4, -0.2) is 19.1 Å². The van der Waals surface area contributed by atoms with E-state index in [1.54, 1.807) is 0 Å². The largest absolute Gasteiger partial charge is 0.329 e. The van der Waals surface area contributed by atoms with Gasteiger partial charge < -0.3 is 11.1 Å². The maximum atomic E-state index is 5.39. The molecule has 58 valence electrons. The van der Waals surface area contributed by atoms with Gasteiger partial charge in [-0.1, -0.05) is 0 Å². The second-order valence-electron chi connectivity index (χ2n) is 2.27. The first kappa shape index (κ1) is 9.48. The van der Waals surface area contributed by atoms with E-state index < -0.39 is 0 Å². The predicted octanol–water partition coefficient (Wildman–Crippen LogP) is 0.337. The van der Waals surface area contributed by atoms with E-state index in [4.69, 9.17) is 5.73 Å². The van der Waals surface area contributed by atoms with Crippen LogP contribution < -0.4 is 11.1 Å². The number of rotatable bonds is 4. The van der Waals surface area contributed by atoms with Gasteiger partial charge in [-0.05, 0) is 13.8 Å². The van der Waals surface area contributed by atoms with Gasteiger partial charge in [-0.2, -0.15) is 0 Å². The van der Waals surface area contributed by atoms with Crippen LogP contribution >= 0.6 is 0 Å². The van der Waals surface area contributed by atoms with Crippen molar-refractivity contribution in [2.75, 3.05) is 13.1 Å². The molecule has 0 spiro atoms. The third-order valence-electron chi connectivity index (χ3n) is 1.27. The van der Waals surface area contributed by atoms with Gasteiger partial charge in [0, 0.05) is 25.6 Å². The summed E-state index contributed by atoms with van der Waals surface area (Å²) < 4.78 is 0. The Morgan fingerprint density at radius 2 is 2.30 bits per heavy atom. The van der Waals surface area contributed by atoms with Crippen LogP contribution in [0.15, 0.2) is 0 Å². The molecule has 0 bridgehead atoms. The highest BCUT2D eigenvalue weighted by Crippen LogP contribution is 1.77. The van der Waals surface area contributed by atoms with Crippen molar-refractivity contribution in [3.63, 3.8) is 0 Å². The number of nitrogens with one attached hydrogen (secondary N) is 1. The Kier molecular flexibility index (Phi) is 6.25. The summed E-state index contributed by atoms with van der Waals surface area (Å²) in [6.07, 6.45) is 0.918. The summed E-state index contributed by atoms with van der Waals surface area (Å²) in [6.45, 7) is 5.56. The maximum Gasteiger partial charge on any atom is 0.0214 e. The molecule has 1 atom stereocenters. The minimum Gasteiger partial charge on any atom is -0.329 e.